The standard InChI is InChI=1S/C11H15ClOS/c1-2-3-9-11(12)14(13)10-7-5-4-6-8-10/h4-8,11H,2-3,9H2,1H3. The first-order chi connectivity index (χ1) is 6.75. The van der Waals surface area contributed by atoms with Gasteiger partial charge in [0.1, 0.15) is 4.71 Å². The van der Waals surface area contributed by atoms with Gasteiger partial charge in [0, 0.05) is 4.90 Å². The van der Waals surface area contributed by atoms with Gasteiger partial charge < -0.3 is 0 Å². The van der Waals surface area contributed by atoms with E-state index in [0.29, 0.717) is 0 Å². The smallest absolute Gasteiger partial charge is 0.113 e. The molecule has 0 amide bonds. The molecule has 0 aromatic heterocycles. The van der Waals surface area contributed by atoms with Crippen molar-refractivity contribution in [2.45, 2.75) is 35.8 Å². The van der Waals surface area contributed by atoms with E-state index in [0.717, 1.165) is 24.2 Å². The minimum atomic E-state index is -1.06. The number of halogens is 1. The molecule has 2 atom stereocenters. The maximum absolute atomic E-state index is 11.8. The fourth-order valence-electron chi connectivity index (χ4n) is 1.17. The summed E-state index contributed by atoms with van der Waals surface area (Å²) in [5, 5.41) is 0. The number of rotatable bonds is 5. The second-order valence-corrected chi connectivity index (χ2v) is 5.58. The normalized spacial score (nSPS) is 15.0. The summed E-state index contributed by atoms with van der Waals surface area (Å²) in [5.74, 6) is 0. The van der Waals surface area contributed by atoms with Gasteiger partial charge in [-0.15, -0.1) is 11.6 Å². The van der Waals surface area contributed by atoms with Crippen molar-refractivity contribution in [1.82, 2.24) is 0 Å². The van der Waals surface area contributed by atoms with Crippen LogP contribution in [-0.4, -0.2) is 8.92 Å². The Balaban J connectivity index is 2.57. The molecule has 14 heavy (non-hydrogen) atoms. The van der Waals surface area contributed by atoms with Gasteiger partial charge in [-0.3, -0.25) is 4.21 Å². The number of alkyl halides is 1. The van der Waals surface area contributed by atoms with Gasteiger partial charge in [-0.25, -0.2) is 0 Å². The average Bonchev–Trinajstić information content (AvgIpc) is 2.26. The fraction of sp³-hybridized carbons (Fsp3) is 0.455. The van der Waals surface area contributed by atoms with Crippen LogP contribution >= 0.6 is 11.6 Å². The van der Waals surface area contributed by atoms with Crippen molar-refractivity contribution < 1.29 is 4.21 Å². The first-order valence-electron chi connectivity index (χ1n) is 4.85. The molecular weight excluding hydrogens is 216 g/mol. The van der Waals surface area contributed by atoms with Crippen molar-refractivity contribution in [1.29, 1.82) is 0 Å². The van der Waals surface area contributed by atoms with E-state index in [1.54, 1.807) is 0 Å². The molecule has 1 nitrogen and oxygen atoms in total. The first-order valence-corrected chi connectivity index (χ1v) is 6.50. The zero-order valence-corrected chi connectivity index (χ0v) is 9.85. The van der Waals surface area contributed by atoms with E-state index in [1.807, 2.05) is 30.3 Å². The summed E-state index contributed by atoms with van der Waals surface area (Å²) in [6.45, 7) is 2.11. The van der Waals surface area contributed by atoms with Gasteiger partial charge in [0.05, 0.1) is 10.8 Å². The summed E-state index contributed by atoms with van der Waals surface area (Å²) >= 11 is 6.04. The molecule has 0 bridgehead atoms. The molecule has 0 radical (unpaired) electrons. The molecular formula is C11H15ClOS. The Labute approximate surface area is 92.9 Å². The minimum absolute atomic E-state index is 0.252. The van der Waals surface area contributed by atoms with Crippen molar-refractivity contribution in [3.05, 3.63) is 30.3 Å². The van der Waals surface area contributed by atoms with Crippen LogP contribution in [0, 0.1) is 0 Å². The zero-order chi connectivity index (χ0) is 10.4. The SMILES string of the molecule is CCCCC(Cl)S(=O)c1ccccc1. The van der Waals surface area contributed by atoms with Crippen LogP contribution in [0.3, 0.4) is 0 Å². The van der Waals surface area contributed by atoms with Crippen molar-refractivity contribution in [2.24, 2.45) is 0 Å². The van der Waals surface area contributed by atoms with Crippen LogP contribution in [0.2, 0.25) is 0 Å². The topological polar surface area (TPSA) is 17.1 Å². The van der Waals surface area contributed by atoms with Crippen LogP contribution in [0.4, 0.5) is 0 Å². The molecule has 78 valence electrons. The summed E-state index contributed by atoms with van der Waals surface area (Å²) in [5.41, 5.74) is 0. The van der Waals surface area contributed by atoms with E-state index in [1.165, 1.54) is 0 Å². The Morgan fingerprint density at radius 1 is 1.36 bits per heavy atom. The van der Waals surface area contributed by atoms with E-state index >= 15 is 0 Å². The molecule has 0 aliphatic carbocycles. The molecule has 0 saturated heterocycles. The van der Waals surface area contributed by atoms with E-state index < -0.39 is 10.8 Å². The van der Waals surface area contributed by atoms with Gasteiger partial charge in [-0.05, 0) is 18.6 Å². The molecule has 1 rings (SSSR count). The van der Waals surface area contributed by atoms with Crippen LogP contribution in [0.15, 0.2) is 35.2 Å². The number of unbranched alkanes of at least 4 members (excludes halogenated alkanes) is 1. The lowest BCUT2D eigenvalue weighted by atomic mass is 10.3. The Bertz CT molecular complexity index is 287. The minimum Gasteiger partial charge on any atom is -0.253 e. The van der Waals surface area contributed by atoms with Crippen molar-refractivity contribution in [3.8, 4) is 0 Å². The molecule has 0 fully saturated rings. The molecule has 2 unspecified atom stereocenters. The van der Waals surface area contributed by atoms with Gasteiger partial charge >= 0.3 is 0 Å². The molecule has 3 heteroatoms. The van der Waals surface area contributed by atoms with Crippen LogP contribution in [0.25, 0.3) is 0 Å². The molecule has 0 heterocycles. The van der Waals surface area contributed by atoms with E-state index in [2.05, 4.69) is 6.92 Å². The van der Waals surface area contributed by atoms with E-state index in [9.17, 15) is 4.21 Å². The summed E-state index contributed by atoms with van der Waals surface area (Å²) in [6.07, 6.45) is 2.95. The lowest BCUT2D eigenvalue weighted by Crippen LogP contribution is -2.07. The maximum Gasteiger partial charge on any atom is 0.113 e. The van der Waals surface area contributed by atoms with Crippen molar-refractivity contribution in [3.63, 3.8) is 0 Å². The van der Waals surface area contributed by atoms with Gasteiger partial charge in [0.15, 0.2) is 0 Å². The Morgan fingerprint density at radius 3 is 2.57 bits per heavy atom. The van der Waals surface area contributed by atoms with Gasteiger partial charge in [-0.1, -0.05) is 38.0 Å². The lowest BCUT2D eigenvalue weighted by Gasteiger charge is -2.08. The molecule has 1 aromatic carbocycles. The van der Waals surface area contributed by atoms with Crippen LogP contribution < -0.4 is 0 Å². The highest BCUT2D eigenvalue weighted by Crippen LogP contribution is 2.18. The van der Waals surface area contributed by atoms with E-state index in [-0.39, 0.29) is 4.71 Å². The maximum atomic E-state index is 11.8. The first kappa shape index (κ1) is 11.7. The quantitative estimate of drug-likeness (QED) is 0.707. The molecule has 0 saturated carbocycles. The number of hydrogen-bond acceptors (Lipinski definition) is 1. The second kappa shape index (κ2) is 6.20. The summed E-state index contributed by atoms with van der Waals surface area (Å²) < 4.78 is 11.6. The van der Waals surface area contributed by atoms with Gasteiger partial charge in [-0.2, -0.15) is 0 Å². The van der Waals surface area contributed by atoms with Crippen molar-refractivity contribution >= 4 is 22.4 Å². The predicted octanol–water partition coefficient (Wildman–Crippen LogP) is 3.55. The summed E-state index contributed by atoms with van der Waals surface area (Å²) in [4.78, 5) is 0.823. The Hall–Kier alpha value is -0.340. The highest BCUT2D eigenvalue weighted by molar-refractivity contribution is 7.87. The zero-order valence-electron chi connectivity index (χ0n) is 8.28. The average molecular weight is 231 g/mol. The third kappa shape index (κ3) is 3.43. The highest BCUT2D eigenvalue weighted by atomic mass is 35.5. The Morgan fingerprint density at radius 2 is 2.00 bits per heavy atom. The van der Waals surface area contributed by atoms with Crippen molar-refractivity contribution in [2.75, 3.05) is 0 Å². The van der Waals surface area contributed by atoms with Gasteiger partial charge in [0.2, 0.25) is 0 Å². The number of hydrogen-bond donors (Lipinski definition) is 0. The van der Waals surface area contributed by atoms with Crippen LogP contribution in [-0.2, 0) is 10.8 Å². The third-order valence-corrected chi connectivity index (χ3v) is 4.13. The van der Waals surface area contributed by atoms with E-state index in [4.69, 9.17) is 11.6 Å². The molecule has 0 aliphatic heterocycles. The predicted molar refractivity (Wildman–Crippen MR) is 62.0 cm³/mol. The van der Waals surface area contributed by atoms with Crippen LogP contribution in [0.1, 0.15) is 26.2 Å². The molecule has 0 aliphatic rings. The second-order valence-electron chi connectivity index (χ2n) is 3.16. The molecule has 0 spiro atoms. The number of benzene rings is 1. The third-order valence-electron chi connectivity index (χ3n) is 1.99. The fourth-order valence-corrected chi connectivity index (χ4v) is 2.74. The molecule has 0 N–H and O–H groups in total. The lowest BCUT2D eigenvalue weighted by molar-refractivity contribution is 0.670. The monoisotopic (exact) mass is 230 g/mol. The molecule has 1 aromatic rings. The van der Waals surface area contributed by atoms with Crippen LogP contribution in [0.5, 0.6) is 0 Å². The highest BCUT2D eigenvalue weighted by Gasteiger charge is 2.14. The summed E-state index contributed by atoms with van der Waals surface area (Å²) in [6, 6.07) is 9.40. The Kier molecular flexibility index (Phi) is 5.20. The summed E-state index contributed by atoms with van der Waals surface area (Å²) in [7, 11) is -1.06. The van der Waals surface area contributed by atoms with Gasteiger partial charge in [0.25, 0.3) is 0 Å². The largest absolute Gasteiger partial charge is 0.253 e.